The molecule has 2 unspecified atom stereocenters. The zero-order valence-electron chi connectivity index (χ0n) is 16.2. The Bertz CT molecular complexity index is 909. The molecular weight excluding hydrogens is 375 g/mol. The molecule has 2 fully saturated rings. The maximum Gasteiger partial charge on any atom is 0.271 e. The molecule has 1 aromatic heterocycles. The summed E-state index contributed by atoms with van der Waals surface area (Å²) in [6, 6.07) is 8.76. The van der Waals surface area contributed by atoms with Gasteiger partial charge in [0.1, 0.15) is 11.6 Å². The minimum atomic E-state index is -0.370. The quantitative estimate of drug-likeness (QED) is 0.830. The largest absolute Gasteiger partial charge is 0.376 e. The fraction of sp³-hybridized carbons (Fsp3) is 0.476. The number of aromatic nitrogens is 2. The monoisotopic (exact) mass is 400 g/mol. The zero-order valence-corrected chi connectivity index (χ0v) is 16.2. The molecule has 0 radical (unpaired) electrons. The highest BCUT2D eigenvalue weighted by Crippen LogP contribution is 2.22. The van der Waals surface area contributed by atoms with Gasteiger partial charge in [-0.1, -0.05) is 0 Å². The number of rotatable bonds is 5. The summed E-state index contributed by atoms with van der Waals surface area (Å²) >= 11 is 0. The van der Waals surface area contributed by atoms with Crippen LogP contribution in [0.4, 0.5) is 10.2 Å². The van der Waals surface area contributed by atoms with Gasteiger partial charge in [0.05, 0.1) is 17.7 Å². The van der Waals surface area contributed by atoms with Gasteiger partial charge in [0.25, 0.3) is 5.56 Å². The highest BCUT2D eigenvalue weighted by Gasteiger charge is 2.27. The third kappa shape index (κ3) is 4.64. The van der Waals surface area contributed by atoms with E-state index >= 15 is 0 Å². The molecule has 2 atom stereocenters. The van der Waals surface area contributed by atoms with Crippen LogP contribution < -0.4 is 15.8 Å². The Balaban J connectivity index is 1.45. The first kappa shape index (κ1) is 19.6. The molecule has 2 aromatic rings. The number of nitrogens with zero attached hydrogens (tertiary/aromatic N) is 3. The lowest BCUT2D eigenvalue weighted by Gasteiger charge is -2.33. The molecule has 1 N–H and O–H groups in total. The molecule has 7 nitrogen and oxygen atoms in total. The van der Waals surface area contributed by atoms with Gasteiger partial charge in [-0.2, -0.15) is 4.68 Å². The Kier molecular flexibility index (Phi) is 5.89. The van der Waals surface area contributed by atoms with E-state index in [1.54, 1.807) is 6.07 Å². The molecule has 0 bridgehead atoms. The van der Waals surface area contributed by atoms with Crippen molar-refractivity contribution in [1.29, 1.82) is 0 Å². The third-order valence-corrected chi connectivity index (χ3v) is 5.50. The molecule has 1 amide bonds. The number of benzene rings is 1. The molecule has 4 rings (SSSR count). The van der Waals surface area contributed by atoms with Crippen LogP contribution in [0.15, 0.2) is 41.2 Å². The maximum absolute atomic E-state index is 13.2. The van der Waals surface area contributed by atoms with Crippen molar-refractivity contribution in [3.8, 4) is 5.69 Å². The van der Waals surface area contributed by atoms with Crippen molar-refractivity contribution in [2.75, 3.05) is 31.1 Å². The van der Waals surface area contributed by atoms with Gasteiger partial charge in [-0.25, -0.2) is 4.39 Å². The number of piperidine rings is 1. The van der Waals surface area contributed by atoms with Crippen molar-refractivity contribution in [2.45, 2.75) is 31.8 Å². The van der Waals surface area contributed by atoms with Crippen LogP contribution in [0.5, 0.6) is 0 Å². The summed E-state index contributed by atoms with van der Waals surface area (Å²) in [5, 5.41) is 7.47. The second-order valence-electron chi connectivity index (χ2n) is 7.58. The van der Waals surface area contributed by atoms with Crippen molar-refractivity contribution in [3.63, 3.8) is 0 Å². The number of halogens is 1. The Labute approximate surface area is 168 Å². The number of hydrogen-bond acceptors (Lipinski definition) is 5. The summed E-state index contributed by atoms with van der Waals surface area (Å²) in [5.41, 5.74) is 0.212. The molecule has 0 spiro atoms. The van der Waals surface area contributed by atoms with Gasteiger partial charge < -0.3 is 15.0 Å². The SMILES string of the molecule is O=C(NCC1CCCO1)C1CCCN(c2ccc(=O)n(-c3ccc(F)cc3)n2)C1. The van der Waals surface area contributed by atoms with E-state index < -0.39 is 0 Å². The second kappa shape index (κ2) is 8.73. The Hall–Kier alpha value is -2.74. The van der Waals surface area contributed by atoms with Crippen LogP contribution in [-0.2, 0) is 9.53 Å². The van der Waals surface area contributed by atoms with Gasteiger partial charge >= 0.3 is 0 Å². The second-order valence-corrected chi connectivity index (χ2v) is 7.58. The van der Waals surface area contributed by atoms with Crippen LogP contribution in [0.1, 0.15) is 25.7 Å². The van der Waals surface area contributed by atoms with Crippen LogP contribution in [0, 0.1) is 11.7 Å². The van der Waals surface area contributed by atoms with E-state index in [1.807, 2.05) is 4.90 Å². The molecule has 154 valence electrons. The molecule has 29 heavy (non-hydrogen) atoms. The lowest BCUT2D eigenvalue weighted by atomic mass is 9.97. The van der Waals surface area contributed by atoms with E-state index in [4.69, 9.17) is 4.74 Å². The average Bonchev–Trinajstić information content (AvgIpc) is 3.27. The number of ether oxygens (including phenoxy) is 1. The van der Waals surface area contributed by atoms with Crippen molar-refractivity contribution >= 4 is 11.7 Å². The van der Waals surface area contributed by atoms with Gasteiger partial charge in [-0.3, -0.25) is 9.59 Å². The van der Waals surface area contributed by atoms with E-state index in [-0.39, 0.29) is 29.3 Å². The van der Waals surface area contributed by atoms with Gasteiger partial charge in [0.15, 0.2) is 0 Å². The van der Waals surface area contributed by atoms with Crippen molar-refractivity contribution in [2.24, 2.45) is 5.92 Å². The van der Waals surface area contributed by atoms with Crippen LogP contribution in [0.2, 0.25) is 0 Å². The number of carbonyl (C=O) groups excluding carboxylic acids is 1. The summed E-state index contributed by atoms with van der Waals surface area (Å²) in [6.45, 7) is 2.65. The molecule has 2 aliphatic heterocycles. The highest BCUT2D eigenvalue weighted by atomic mass is 19.1. The van der Waals surface area contributed by atoms with Crippen molar-refractivity contribution in [1.82, 2.24) is 15.1 Å². The maximum atomic E-state index is 13.2. The molecular formula is C21H25FN4O3. The predicted molar refractivity (Wildman–Crippen MR) is 107 cm³/mol. The van der Waals surface area contributed by atoms with Crippen LogP contribution >= 0.6 is 0 Å². The fourth-order valence-corrected chi connectivity index (χ4v) is 3.90. The third-order valence-electron chi connectivity index (χ3n) is 5.50. The number of hydrogen-bond donors (Lipinski definition) is 1. The molecule has 3 heterocycles. The molecule has 2 saturated heterocycles. The first-order chi connectivity index (χ1) is 14.1. The van der Waals surface area contributed by atoms with E-state index in [1.165, 1.54) is 35.0 Å². The topological polar surface area (TPSA) is 76.5 Å². The summed E-state index contributed by atoms with van der Waals surface area (Å²) in [5.74, 6) is 0.173. The Morgan fingerprint density at radius 3 is 2.76 bits per heavy atom. The number of carbonyl (C=O) groups is 1. The average molecular weight is 400 g/mol. The van der Waals surface area contributed by atoms with Gasteiger partial charge in [-0.15, -0.1) is 5.10 Å². The first-order valence-corrected chi connectivity index (χ1v) is 10.1. The van der Waals surface area contributed by atoms with E-state index in [9.17, 15) is 14.0 Å². The van der Waals surface area contributed by atoms with Gasteiger partial charge in [-0.05, 0) is 56.0 Å². The lowest BCUT2D eigenvalue weighted by Crippen LogP contribution is -2.45. The number of nitrogens with one attached hydrogen (secondary N) is 1. The molecule has 0 aliphatic carbocycles. The van der Waals surface area contributed by atoms with Crippen molar-refractivity contribution < 1.29 is 13.9 Å². The standard InChI is InChI=1S/C21H25FN4O3/c22-16-5-7-17(8-6-16)26-20(27)10-9-19(24-26)25-11-1-3-15(14-25)21(28)23-13-18-4-2-12-29-18/h5-10,15,18H,1-4,11-14H2,(H,23,28). The van der Waals surface area contributed by atoms with E-state index in [0.717, 1.165) is 38.8 Å². The molecule has 2 aliphatic rings. The Morgan fingerprint density at radius 1 is 1.17 bits per heavy atom. The van der Waals surface area contributed by atoms with Crippen molar-refractivity contribution in [3.05, 3.63) is 52.6 Å². The number of amides is 1. The van der Waals surface area contributed by atoms with E-state index in [2.05, 4.69) is 10.4 Å². The predicted octanol–water partition coefficient (Wildman–Crippen LogP) is 1.88. The summed E-state index contributed by atoms with van der Waals surface area (Å²) in [4.78, 5) is 26.9. The first-order valence-electron chi connectivity index (χ1n) is 10.1. The Morgan fingerprint density at radius 2 is 2.00 bits per heavy atom. The normalized spacial score (nSPS) is 21.9. The van der Waals surface area contributed by atoms with Crippen LogP contribution in [0.25, 0.3) is 5.69 Å². The minimum Gasteiger partial charge on any atom is -0.376 e. The summed E-state index contributed by atoms with van der Waals surface area (Å²) < 4.78 is 20.0. The molecule has 0 saturated carbocycles. The fourth-order valence-electron chi connectivity index (χ4n) is 3.90. The molecule has 1 aromatic carbocycles. The van der Waals surface area contributed by atoms with E-state index in [0.29, 0.717) is 24.6 Å². The lowest BCUT2D eigenvalue weighted by molar-refractivity contribution is -0.125. The van der Waals surface area contributed by atoms with Crippen LogP contribution in [0.3, 0.4) is 0 Å². The smallest absolute Gasteiger partial charge is 0.271 e. The minimum absolute atomic E-state index is 0.0389. The van der Waals surface area contributed by atoms with Gasteiger partial charge in [0.2, 0.25) is 5.91 Å². The van der Waals surface area contributed by atoms with Gasteiger partial charge in [0, 0.05) is 32.3 Å². The van der Waals surface area contributed by atoms with Crippen LogP contribution in [-0.4, -0.2) is 48.0 Å². The summed E-state index contributed by atoms with van der Waals surface area (Å²) in [6.07, 6.45) is 3.86. The highest BCUT2D eigenvalue weighted by molar-refractivity contribution is 5.79. The zero-order chi connectivity index (χ0) is 20.2. The molecule has 8 heteroatoms. The summed E-state index contributed by atoms with van der Waals surface area (Å²) in [7, 11) is 0. The number of anilines is 1.